The number of piperidine rings is 1. The number of primary amides is 1. The van der Waals surface area contributed by atoms with E-state index in [1.165, 1.54) is 31.0 Å². The maximum Gasteiger partial charge on any atom is 0.230 e. The van der Waals surface area contributed by atoms with Crippen LogP contribution in [0.3, 0.4) is 0 Å². The van der Waals surface area contributed by atoms with E-state index in [9.17, 15) is 9.59 Å². The van der Waals surface area contributed by atoms with Gasteiger partial charge in [-0.1, -0.05) is 6.42 Å². The molecule has 5 nitrogen and oxygen atoms in total. The zero-order valence-corrected chi connectivity index (χ0v) is 10.9. The normalized spacial score (nSPS) is 19.9. The minimum atomic E-state index is -0.380. The van der Waals surface area contributed by atoms with Gasteiger partial charge in [-0.15, -0.1) is 11.8 Å². The molecule has 0 aromatic heterocycles. The van der Waals surface area contributed by atoms with Crippen molar-refractivity contribution in [3.63, 3.8) is 0 Å². The van der Waals surface area contributed by atoms with Gasteiger partial charge in [0.1, 0.15) is 0 Å². The average molecular weight is 259 g/mol. The fraction of sp³-hybridized carbons (Fsp3) is 0.818. The molecule has 1 unspecified atom stereocenters. The van der Waals surface area contributed by atoms with Crippen LogP contribution in [0, 0.1) is 0 Å². The van der Waals surface area contributed by atoms with Crippen LogP contribution in [-0.4, -0.2) is 42.5 Å². The van der Waals surface area contributed by atoms with Gasteiger partial charge < -0.3 is 16.4 Å². The van der Waals surface area contributed by atoms with Crippen LogP contribution < -0.4 is 16.4 Å². The van der Waals surface area contributed by atoms with Crippen LogP contribution in [0.25, 0.3) is 0 Å². The molecule has 1 aliphatic rings. The summed E-state index contributed by atoms with van der Waals surface area (Å²) in [7, 11) is 0. The summed E-state index contributed by atoms with van der Waals surface area (Å²) in [4.78, 5) is 21.8. The van der Waals surface area contributed by atoms with Gasteiger partial charge in [0.15, 0.2) is 0 Å². The molecule has 1 aliphatic heterocycles. The minimum Gasteiger partial charge on any atom is -0.369 e. The lowest BCUT2D eigenvalue weighted by Gasteiger charge is -2.23. The number of amides is 2. The predicted molar refractivity (Wildman–Crippen MR) is 69.8 cm³/mol. The van der Waals surface area contributed by atoms with Crippen molar-refractivity contribution in [2.75, 3.05) is 24.6 Å². The summed E-state index contributed by atoms with van der Waals surface area (Å²) >= 11 is 1.25. The Morgan fingerprint density at radius 1 is 1.35 bits per heavy atom. The maximum atomic E-state index is 11.4. The molecule has 1 fully saturated rings. The highest BCUT2D eigenvalue weighted by molar-refractivity contribution is 8.00. The molecule has 0 aromatic carbocycles. The van der Waals surface area contributed by atoms with Crippen LogP contribution >= 0.6 is 11.8 Å². The monoisotopic (exact) mass is 259 g/mol. The highest BCUT2D eigenvalue weighted by atomic mass is 32.2. The Hall–Kier alpha value is -0.750. The first-order valence-electron chi connectivity index (χ1n) is 6.04. The van der Waals surface area contributed by atoms with E-state index in [2.05, 4.69) is 10.6 Å². The van der Waals surface area contributed by atoms with Gasteiger partial charge in [-0.25, -0.2) is 0 Å². The second-order valence-electron chi connectivity index (χ2n) is 4.24. The van der Waals surface area contributed by atoms with Crippen LogP contribution in [-0.2, 0) is 9.59 Å². The van der Waals surface area contributed by atoms with Crippen LogP contribution in [0.5, 0.6) is 0 Å². The highest BCUT2D eigenvalue weighted by Gasteiger charge is 2.12. The first-order valence-corrected chi connectivity index (χ1v) is 7.20. The zero-order valence-electron chi connectivity index (χ0n) is 10.0. The van der Waals surface area contributed by atoms with Crippen molar-refractivity contribution >= 4 is 23.6 Å². The topological polar surface area (TPSA) is 84.2 Å². The van der Waals surface area contributed by atoms with E-state index in [0.717, 1.165) is 13.0 Å². The van der Waals surface area contributed by atoms with E-state index >= 15 is 0 Å². The van der Waals surface area contributed by atoms with E-state index in [0.29, 0.717) is 18.3 Å². The molecule has 0 aromatic rings. The van der Waals surface area contributed by atoms with Crippen molar-refractivity contribution in [1.82, 2.24) is 10.6 Å². The molecule has 6 heteroatoms. The number of hydrogen-bond acceptors (Lipinski definition) is 4. The molecule has 2 amide bonds. The molecule has 98 valence electrons. The Bertz CT molecular complexity index is 255. The van der Waals surface area contributed by atoms with Gasteiger partial charge in [-0.3, -0.25) is 9.59 Å². The summed E-state index contributed by atoms with van der Waals surface area (Å²) in [6.45, 7) is 1.79. The molecule has 17 heavy (non-hydrogen) atoms. The SMILES string of the molecule is NC(=O)CSCC(=O)NCCC1CCCCN1. The van der Waals surface area contributed by atoms with Crippen LogP contribution in [0.15, 0.2) is 0 Å². The average Bonchev–Trinajstić information content (AvgIpc) is 2.30. The van der Waals surface area contributed by atoms with E-state index in [-0.39, 0.29) is 17.6 Å². The second-order valence-corrected chi connectivity index (χ2v) is 5.23. The van der Waals surface area contributed by atoms with Gasteiger partial charge >= 0.3 is 0 Å². The number of carbonyl (C=O) groups is 2. The summed E-state index contributed by atoms with van der Waals surface area (Å²) in [5, 5.41) is 6.29. The molecule has 1 heterocycles. The zero-order chi connectivity index (χ0) is 12.5. The fourth-order valence-corrected chi connectivity index (χ4v) is 2.44. The molecule has 0 spiro atoms. The van der Waals surface area contributed by atoms with E-state index in [1.807, 2.05) is 0 Å². The molecule has 1 saturated heterocycles. The van der Waals surface area contributed by atoms with Gasteiger partial charge in [0.05, 0.1) is 11.5 Å². The number of nitrogens with two attached hydrogens (primary N) is 1. The minimum absolute atomic E-state index is 0.0212. The van der Waals surface area contributed by atoms with Crippen molar-refractivity contribution in [2.24, 2.45) is 5.73 Å². The first kappa shape index (κ1) is 14.3. The van der Waals surface area contributed by atoms with Gasteiger partial charge in [0.25, 0.3) is 0 Å². The highest BCUT2D eigenvalue weighted by Crippen LogP contribution is 2.09. The lowest BCUT2D eigenvalue weighted by Crippen LogP contribution is -2.37. The predicted octanol–water partition coefficient (Wildman–Crippen LogP) is -0.147. The van der Waals surface area contributed by atoms with Crippen molar-refractivity contribution in [3.05, 3.63) is 0 Å². The number of carbonyl (C=O) groups excluding carboxylic acids is 2. The van der Waals surface area contributed by atoms with Gasteiger partial charge in [-0.05, 0) is 25.8 Å². The Labute approximate surface area is 106 Å². The molecular weight excluding hydrogens is 238 g/mol. The van der Waals surface area contributed by atoms with E-state index in [4.69, 9.17) is 5.73 Å². The van der Waals surface area contributed by atoms with Gasteiger partial charge in [0, 0.05) is 12.6 Å². The number of thioether (sulfide) groups is 1. The van der Waals surface area contributed by atoms with Crippen molar-refractivity contribution in [2.45, 2.75) is 31.7 Å². The molecule has 0 saturated carbocycles. The lowest BCUT2D eigenvalue weighted by molar-refractivity contribution is -0.118. The third-order valence-corrected chi connectivity index (χ3v) is 3.66. The Kier molecular flexibility index (Phi) is 7.04. The molecule has 4 N–H and O–H groups in total. The van der Waals surface area contributed by atoms with Crippen LogP contribution in [0.4, 0.5) is 0 Å². The molecule has 0 aliphatic carbocycles. The summed E-state index contributed by atoms with van der Waals surface area (Å²) in [5.74, 6) is 0.111. The van der Waals surface area contributed by atoms with Crippen molar-refractivity contribution in [3.8, 4) is 0 Å². The van der Waals surface area contributed by atoms with Crippen molar-refractivity contribution < 1.29 is 9.59 Å². The van der Waals surface area contributed by atoms with Gasteiger partial charge in [-0.2, -0.15) is 0 Å². The fourth-order valence-electron chi connectivity index (χ4n) is 1.85. The quantitative estimate of drug-likeness (QED) is 0.594. The summed E-state index contributed by atoms with van der Waals surface area (Å²) in [5.41, 5.74) is 4.98. The summed E-state index contributed by atoms with van der Waals surface area (Å²) in [6.07, 6.45) is 4.71. The van der Waals surface area contributed by atoms with E-state index in [1.54, 1.807) is 0 Å². The van der Waals surface area contributed by atoms with E-state index < -0.39 is 0 Å². The molecule has 1 atom stereocenters. The lowest BCUT2D eigenvalue weighted by atomic mass is 10.0. The second kappa shape index (κ2) is 8.36. The van der Waals surface area contributed by atoms with Crippen LogP contribution in [0.2, 0.25) is 0 Å². The van der Waals surface area contributed by atoms with Gasteiger partial charge in [0.2, 0.25) is 11.8 Å². The molecule has 1 rings (SSSR count). The Morgan fingerprint density at radius 3 is 2.82 bits per heavy atom. The maximum absolute atomic E-state index is 11.4. The first-order chi connectivity index (χ1) is 8.18. The molecule has 0 bridgehead atoms. The smallest absolute Gasteiger partial charge is 0.230 e. The summed E-state index contributed by atoms with van der Waals surface area (Å²) < 4.78 is 0. The molecular formula is C11H21N3O2S. The number of hydrogen-bond donors (Lipinski definition) is 3. The number of nitrogens with one attached hydrogen (secondary N) is 2. The standard InChI is InChI=1S/C11H21N3O2S/c12-10(15)7-17-8-11(16)14-6-4-9-3-1-2-5-13-9/h9,13H,1-8H2,(H2,12,15)(H,14,16). The largest absolute Gasteiger partial charge is 0.369 e. The third-order valence-electron chi connectivity index (χ3n) is 2.70. The van der Waals surface area contributed by atoms with Crippen LogP contribution in [0.1, 0.15) is 25.7 Å². The number of rotatable bonds is 7. The molecule has 0 radical (unpaired) electrons. The third kappa shape index (κ3) is 7.23. The Morgan fingerprint density at radius 2 is 2.18 bits per heavy atom. The Balaban J connectivity index is 1.97. The summed E-state index contributed by atoms with van der Waals surface area (Å²) in [6, 6.07) is 0.544. The van der Waals surface area contributed by atoms with Crippen molar-refractivity contribution in [1.29, 1.82) is 0 Å².